The van der Waals surface area contributed by atoms with E-state index in [4.69, 9.17) is 0 Å². The summed E-state index contributed by atoms with van der Waals surface area (Å²) >= 11 is 0. The molecule has 1 nitrogen and oxygen atoms in total. The summed E-state index contributed by atoms with van der Waals surface area (Å²) in [5.74, 6) is 0. The number of hydrogen-bond acceptors (Lipinski definition) is 1. The minimum atomic E-state index is 0.0942. The van der Waals surface area contributed by atoms with Gasteiger partial charge < -0.3 is 5.32 Å². The Labute approximate surface area is 145 Å². The Kier molecular flexibility index (Phi) is 5.37. The molecule has 0 saturated heterocycles. The molecule has 1 unspecified atom stereocenters. The zero-order chi connectivity index (χ0) is 17.3. The van der Waals surface area contributed by atoms with Gasteiger partial charge in [0.1, 0.15) is 0 Å². The predicted octanol–water partition coefficient (Wildman–Crippen LogP) is 3.80. The van der Waals surface area contributed by atoms with Crippen LogP contribution in [0.5, 0.6) is 0 Å². The summed E-state index contributed by atoms with van der Waals surface area (Å²) in [6.07, 6.45) is 6.91. The maximum atomic E-state index is 3.90. The second-order valence-electron chi connectivity index (χ2n) is 9.08. The van der Waals surface area contributed by atoms with Gasteiger partial charge in [0.2, 0.25) is 0 Å². The van der Waals surface area contributed by atoms with Crippen LogP contribution in [-0.4, -0.2) is 15.8 Å². The Morgan fingerprint density at radius 2 is 1.74 bits per heavy atom. The Hall–Kier alpha value is -1.12. The highest BCUT2D eigenvalue weighted by molar-refractivity contribution is 6.33. The van der Waals surface area contributed by atoms with Gasteiger partial charge in [0, 0.05) is 15.8 Å². The van der Waals surface area contributed by atoms with Crippen molar-refractivity contribution >= 4 is 15.4 Å². The van der Waals surface area contributed by atoms with Crippen molar-refractivity contribution in [3.05, 3.63) is 53.1 Å². The van der Waals surface area contributed by atoms with Crippen LogP contribution in [0.3, 0.4) is 0 Å². The van der Waals surface area contributed by atoms with E-state index in [1.54, 1.807) is 5.57 Å². The quantitative estimate of drug-likeness (QED) is 0.830. The van der Waals surface area contributed by atoms with E-state index in [2.05, 4.69) is 83.3 Å². The lowest BCUT2D eigenvalue weighted by Crippen LogP contribution is -2.41. The summed E-state index contributed by atoms with van der Waals surface area (Å²) in [6.45, 7) is 13.8. The Bertz CT molecular complexity index is 611. The van der Waals surface area contributed by atoms with Gasteiger partial charge in [-0.2, -0.15) is 0 Å². The Balaban J connectivity index is 2.45. The number of nitrogens with one attached hydrogen (secondary N) is 1. The molecule has 2 heteroatoms. The monoisotopic (exact) mass is 327 g/mol. The fourth-order valence-corrected chi connectivity index (χ4v) is 3.96. The molecule has 0 bridgehead atoms. The van der Waals surface area contributed by atoms with Gasteiger partial charge in [0.25, 0.3) is 0 Å². The van der Waals surface area contributed by atoms with Crippen molar-refractivity contribution in [2.45, 2.75) is 66.0 Å². The van der Waals surface area contributed by atoms with Crippen LogP contribution in [0.15, 0.2) is 47.6 Å². The average molecular weight is 328 g/mol. The Morgan fingerprint density at radius 1 is 1.09 bits per heavy atom. The van der Waals surface area contributed by atoms with Crippen LogP contribution in [0, 0.1) is 5.41 Å². The first-order chi connectivity index (χ1) is 10.6. The van der Waals surface area contributed by atoms with Gasteiger partial charge in [0.05, 0.1) is 6.04 Å². The van der Waals surface area contributed by atoms with E-state index >= 15 is 0 Å². The lowest BCUT2D eigenvalue weighted by atomic mass is 9.84. The normalized spacial score (nSPS) is 17.1. The first-order valence-electron chi connectivity index (χ1n) is 8.78. The first-order valence-corrected chi connectivity index (χ1v) is 9.78. The highest BCUT2D eigenvalue weighted by Crippen LogP contribution is 2.37. The number of benzene rings is 1. The topological polar surface area (TPSA) is 12.0 Å². The van der Waals surface area contributed by atoms with Crippen LogP contribution in [0.25, 0.3) is 0 Å². The predicted molar refractivity (Wildman–Crippen MR) is 106 cm³/mol. The molecule has 0 amide bonds. The van der Waals surface area contributed by atoms with Crippen LogP contribution < -0.4 is 10.5 Å². The fraction of sp³-hybridized carbons (Fsp3) is 0.524. The summed E-state index contributed by atoms with van der Waals surface area (Å²) in [6, 6.07) is 9.27. The molecule has 0 aliphatic heterocycles. The summed E-state index contributed by atoms with van der Waals surface area (Å²) in [4.78, 5) is 0. The van der Waals surface area contributed by atoms with Crippen molar-refractivity contribution in [3.63, 3.8) is 0 Å². The average Bonchev–Trinajstić information content (AvgIpc) is 2.81. The molecular formula is C21H33NSi. The van der Waals surface area contributed by atoms with Crippen LogP contribution >= 0.6 is 0 Å². The smallest absolute Gasteiger partial charge is 0.0547 e. The van der Waals surface area contributed by atoms with Crippen molar-refractivity contribution in [2.75, 3.05) is 0 Å². The molecule has 0 aromatic heterocycles. The highest BCUT2D eigenvalue weighted by atomic mass is 28.1. The van der Waals surface area contributed by atoms with Gasteiger partial charge in [-0.15, -0.1) is 0 Å². The van der Waals surface area contributed by atoms with E-state index in [0.29, 0.717) is 11.5 Å². The standard InChI is InChI=1S/C21H33NSi/c1-20(2,3)14-15-10-9-12-16(15)19(22-21(4,5)6)17-11-7-8-13-18(17)23/h7-11,13,19,22H,12,14H2,1-6,23H3. The molecule has 0 saturated carbocycles. The van der Waals surface area contributed by atoms with Crippen LogP contribution in [0.1, 0.15) is 66.0 Å². The van der Waals surface area contributed by atoms with E-state index in [1.165, 1.54) is 16.3 Å². The maximum absolute atomic E-state index is 3.90. The Morgan fingerprint density at radius 3 is 2.30 bits per heavy atom. The third-order valence-corrected chi connectivity index (χ3v) is 5.13. The summed E-state index contributed by atoms with van der Waals surface area (Å²) < 4.78 is 0. The third-order valence-electron chi connectivity index (χ3n) is 4.22. The van der Waals surface area contributed by atoms with Crippen molar-refractivity contribution in [2.24, 2.45) is 5.41 Å². The second kappa shape index (κ2) is 6.78. The van der Waals surface area contributed by atoms with Gasteiger partial charge in [-0.3, -0.25) is 0 Å². The van der Waals surface area contributed by atoms with Crippen molar-refractivity contribution in [1.82, 2.24) is 5.32 Å². The van der Waals surface area contributed by atoms with Crippen molar-refractivity contribution in [1.29, 1.82) is 0 Å². The summed E-state index contributed by atoms with van der Waals surface area (Å²) in [7, 11) is 1.09. The summed E-state index contributed by atoms with van der Waals surface area (Å²) in [5.41, 5.74) is 4.99. The molecule has 0 radical (unpaired) electrons. The minimum absolute atomic E-state index is 0.0942. The van der Waals surface area contributed by atoms with E-state index in [-0.39, 0.29) is 5.54 Å². The largest absolute Gasteiger partial charge is 0.302 e. The molecule has 1 atom stereocenters. The highest BCUT2D eigenvalue weighted by Gasteiger charge is 2.27. The van der Waals surface area contributed by atoms with Crippen LogP contribution in [-0.2, 0) is 0 Å². The third kappa shape index (κ3) is 5.19. The minimum Gasteiger partial charge on any atom is -0.302 e. The van der Waals surface area contributed by atoms with Crippen molar-refractivity contribution in [3.8, 4) is 0 Å². The van der Waals surface area contributed by atoms with Gasteiger partial charge in [-0.05, 0) is 55.7 Å². The van der Waals surface area contributed by atoms with Crippen molar-refractivity contribution < 1.29 is 0 Å². The lowest BCUT2D eigenvalue weighted by molar-refractivity contribution is 0.380. The number of rotatable bonds is 4. The zero-order valence-corrected chi connectivity index (χ0v) is 18.0. The van der Waals surface area contributed by atoms with Crippen LogP contribution in [0.2, 0.25) is 0 Å². The van der Waals surface area contributed by atoms with Gasteiger partial charge in [-0.1, -0.05) is 62.4 Å². The molecule has 1 aliphatic carbocycles. The molecular weight excluding hydrogens is 294 g/mol. The second-order valence-corrected chi connectivity index (χ2v) is 10.2. The molecule has 23 heavy (non-hydrogen) atoms. The zero-order valence-electron chi connectivity index (χ0n) is 16.0. The van der Waals surface area contributed by atoms with E-state index < -0.39 is 0 Å². The SMILES string of the molecule is CC(C)(C)CC1=C(C(NC(C)(C)C)c2ccccc2[SiH3])CC=C1. The van der Waals surface area contributed by atoms with Gasteiger partial charge in [-0.25, -0.2) is 0 Å². The van der Waals surface area contributed by atoms with E-state index in [9.17, 15) is 0 Å². The van der Waals surface area contributed by atoms with Gasteiger partial charge in [0.15, 0.2) is 0 Å². The van der Waals surface area contributed by atoms with E-state index in [1.807, 2.05) is 0 Å². The molecule has 1 aromatic carbocycles. The number of allylic oxidation sites excluding steroid dienone is 3. The molecule has 2 rings (SSSR count). The van der Waals surface area contributed by atoms with Crippen LogP contribution in [0.4, 0.5) is 0 Å². The molecule has 126 valence electrons. The molecule has 1 N–H and O–H groups in total. The van der Waals surface area contributed by atoms with Gasteiger partial charge >= 0.3 is 0 Å². The first kappa shape index (κ1) is 18.2. The fourth-order valence-electron chi connectivity index (χ4n) is 3.31. The maximum Gasteiger partial charge on any atom is 0.0547 e. The lowest BCUT2D eigenvalue weighted by Gasteiger charge is -2.32. The molecule has 0 fully saturated rings. The molecule has 1 aromatic rings. The molecule has 1 aliphatic rings. The number of hydrogen-bond donors (Lipinski definition) is 1. The molecule has 0 spiro atoms. The molecule has 0 heterocycles. The summed E-state index contributed by atoms with van der Waals surface area (Å²) in [5, 5.41) is 5.40. The van der Waals surface area contributed by atoms with E-state index in [0.717, 1.165) is 23.1 Å².